The second-order valence-electron chi connectivity index (χ2n) is 5.53. The lowest BCUT2D eigenvalue weighted by Gasteiger charge is -2.26. The van der Waals surface area contributed by atoms with Gasteiger partial charge in [0, 0.05) is 12.1 Å². The fourth-order valence-corrected chi connectivity index (χ4v) is 2.11. The zero-order valence-electron chi connectivity index (χ0n) is 12.7. The van der Waals surface area contributed by atoms with Crippen molar-refractivity contribution in [3.05, 3.63) is 17.7 Å². The maximum Gasteiger partial charge on any atom is 0.148 e. The van der Waals surface area contributed by atoms with Crippen molar-refractivity contribution in [3.63, 3.8) is 0 Å². The molecule has 0 saturated carbocycles. The van der Waals surface area contributed by atoms with Gasteiger partial charge in [-0.2, -0.15) is 0 Å². The van der Waals surface area contributed by atoms with Crippen molar-refractivity contribution in [1.82, 2.24) is 0 Å². The Kier molecular flexibility index (Phi) is 5.48. The number of ether oxygens (including phenoxy) is 2. The van der Waals surface area contributed by atoms with Crippen LogP contribution in [0.2, 0.25) is 0 Å². The molecule has 0 saturated heterocycles. The number of hydrogen-bond donors (Lipinski definition) is 2. The minimum Gasteiger partial charge on any atom is -0.496 e. The summed E-state index contributed by atoms with van der Waals surface area (Å²) in [6.45, 7) is 7.96. The van der Waals surface area contributed by atoms with Gasteiger partial charge in [0.25, 0.3) is 0 Å². The molecule has 0 radical (unpaired) electrons. The lowest BCUT2D eigenvalue weighted by atomic mass is 9.89. The van der Waals surface area contributed by atoms with Crippen molar-refractivity contribution in [1.29, 1.82) is 0 Å². The first-order valence-electron chi connectivity index (χ1n) is 6.60. The van der Waals surface area contributed by atoms with Crippen LogP contribution in [-0.4, -0.2) is 27.3 Å². The summed E-state index contributed by atoms with van der Waals surface area (Å²) in [7, 11) is 3.34. The molecule has 0 spiro atoms. The Labute approximate surface area is 116 Å². The van der Waals surface area contributed by atoms with Crippen molar-refractivity contribution in [2.24, 2.45) is 11.1 Å². The number of hydrogen-bond acceptors (Lipinski definition) is 4. The third-order valence-corrected chi connectivity index (χ3v) is 3.36. The predicted molar refractivity (Wildman–Crippen MR) is 80.2 cm³/mol. The van der Waals surface area contributed by atoms with E-state index in [0.717, 1.165) is 35.7 Å². The molecule has 0 aromatic heterocycles. The SMILES string of the molecule is COc1ccc(NCC(C)(C)CCN)c(OC)c1C. The molecule has 1 aromatic rings. The molecule has 0 bridgehead atoms. The molecule has 0 aliphatic heterocycles. The van der Waals surface area contributed by atoms with Gasteiger partial charge in [0.05, 0.1) is 19.9 Å². The predicted octanol–water partition coefficient (Wildman–Crippen LogP) is 2.80. The monoisotopic (exact) mass is 266 g/mol. The first-order valence-corrected chi connectivity index (χ1v) is 6.60. The summed E-state index contributed by atoms with van der Waals surface area (Å²) < 4.78 is 10.8. The van der Waals surface area contributed by atoms with Crippen LogP contribution in [0.3, 0.4) is 0 Å². The third-order valence-electron chi connectivity index (χ3n) is 3.36. The molecule has 4 heteroatoms. The van der Waals surface area contributed by atoms with E-state index in [4.69, 9.17) is 15.2 Å². The Morgan fingerprint density at radius 2 is 1.89 bits per heavy atom. The van der Waals surface area contributed by atoms with E-state index >= 15 is 0 Å². The van der Waals surface area contributed by atoms with E-state index in [1.54, 1.807) is 14.2 Å². The molecule has 0 atom stereocenters. The van der Waals surface area contributed by atoms with Crippen LogP contribution in [-0.2, 0) is 0 Å². The van der Waals surface area contributed by atoms with Crippen LogP contribution in [0.25, 0.3) is 0 Å². The molecule has 0 fully saturated rings. The number of nitrogens with two attached hydrogens (primary N) is 1. The van der Waals surface area contributed by atoms with Gasteiger partial charge in [0.2, 0.25) is 0 Å². The summed E-state index contributed by atoms with van der Waals surface area (Å²) in [6, 6.07) is 3.94. The van der Waals surface area contributed by atoms with Crippen LogP contribution in [0.1, 0.15) is 25.8 Å². The largest absolute Gasteiger partial charge is 0.496 e. The lowest BCUT2D eigenvalue weighted by Crippen LogP contribution is -2.26. The Morgan fingerprint density at radius 1 is 1.21 bits per heavy atom. The highest BCUT2D eigenvalue weighted by molar-refractivity contribution is 5.64. The zero-order valence-corrected chi connectivity index (χ0v) is 12.7. The highest BCUT2D eigenvalue weighted by Crippen LogP contribution is 2.35. The van der Waals surface area contributed by atoms with E-state index in [-0.39, 0.29) is 5.41 Å². The quantitative estimate of drug-likeness (QED) is 0.797. The lowest BCUT2D eigenvalue weighted by molar-refractivity contribution is 0.362. The number of methoxy groups -OCH3 is 2. The van der Waals surface area contributed by atoms with Crippen LogP contribution in [0, 0.1) is 12.3 Å². The summed E-state index contributed by atoms with van der Waals surface area (Å²) in [4.78, 5) is 0. The van der Waals surface area contributed by atoms with Gasteiger partial charge >= 0.3 is 0 Å². The average molecular weight is 266 g/mol. The van der Waals surface area contributed by atoms with Gasteiger partial charge in [-0.3, -0.25) is 0 Å². The summed E-state index contributed by atoms with van der Waals surface area (Å²) >= 11 is 0. The Bertz CT molecular complexity index is 417. The molecule has 1 rings (SSSR count). The van der Waals surface area contributed by atoms with Gasteiger partial charge in [0.1, 0.15) is 11.5 Å². The van der Waals surface area contributed by atoms with E-state index in [0.29, 0.717) is 6.54 Å². The van der Waals surface area contributed by atoms with Crippen LogP contribution >= 0.6 is 0 Å². The zero-order chi connectivity index (χ0) is 14.5. The van der Waals surface area contributed by atoms with E-state index in [9.17, 15) is 0 Å². The number of anilines is 1. The topological polar surface area (TPSA) is 56.5 Å². The van der Waals surface area contributed by atoms with Crippen molar-refractivity contribution in [2.75, 3.05) is 32.6 Å². The van der Waals surface area contributed by atoms with E-state index < -0.39 is 0 Å². The van der Waals surface area contributed by atoms with Gasteiger partial charge in [-0.25, -0.2) is 0 Å². The van der Waals surface area contributed by atoms with E-state index in [1.807, 2.05) is 19.1 Å². The highest BCUT2D eigenvalue weighted by atomic mass is 16.5. The van der Waals surface area contributed by atoms with Crippen molar-refractivity contribution in [3.8, 4) is 11.5 Å². The maximum absolute atomic E-state index is 5.63. The fourth-order valence-electron chi connectivity index (χ4n) is 2.11. The van der Waals surface area contributed by atoms with Gasteiger partial charge < -0.3 is 20.5 Å². The molecule has 0 amide bonds. The molecular formula is C15H26N2O2. The third kappa shape index (κ3) is 4.03. The highest BCUT2D eigenvalue weighted by Gasteiger charge is 2.18. The van der Waals surface area contributed by atoms with Gasteiger partial charge in [-0.15, -0.1) is 0 Å². The number of rotatable bonds is 7. The minimum absolute atomic E-state index is 0.160. The van der Waals surface area contributed by atoms with E-state index in [2.05, 4.69) is 19.2 Å². The first kappa shape index (κ1) is 15.6. The fraction of sp³-hybridized carbons (Fsp3) is 0.600. The molecule has 1 aromatic carbocycles. The molecule has 19 heavy (non-hydrogen) atoms. The molecule has 108 valence electrons. The molecule has 0 unspecified atom stereocenters. The number of benzene rings is 1. The molecule has 0 aliphatic carbocycles. The van der Waals surface area contributed by atoms with Crippen LogP contribution < -0.4 is 20.5 Å². The summed E-state index contributed by atoms with van der Waals surface area (Å²) in [5.74, 6) is 1.67. The Hall–Kier alpha value is -1.42. The van der Waals surface area contributed by atoms with E-state index in [1.165, 1.54) is 0 Å². The van der Waals surface area contributed by atoms with Gasteiger partial charge in [0.15, 0.2) is 0 Å². The molecular weight excluding hydrogens is 240 g/mol. The molecule has 0 heterocycles. The molecule has 4 nitrogen and oxygen atoms in total. The average Bonchev–Trinajstić information content (AvgIpc) is 2.36. The van der Waals surface area contributed by atoms with Crippen molar-refractivity contribution in [2.45, 2.75) is 27.2 Å². The van der Waals surface area contributed by atoms with Crippen LogP contribution in [0.5, 0.6) is 11.5 Å². The first-order chi connectivity index (χ1) is 8.95. The minimum atomic E-state index is 0.160. The second-order valence-corrected chi connectivity index (χ2v) is 5.53. The second kappa shape index (κ2) is 6.66. The molecule has 0 aliphatic rings. The van der Waals surface area contributed by atoms with Crippen molar-refractivity contribution >= 4 is 5.69 Å². The smallest absolute Gasteiger partial charge is 0.148 e. The summed E-state index contributed by atoms with van der Waals surface area (Å²) in [6.07, 6.45) is 0.984. The summed E-state index contributed by atoms with van der Waals surface area (Å²) in [5, 5.41) is 3.45. The molecule has 3 N–H and O–H groups in total. The summed E-state index contributed by atoms with van der Waals surface area (Å²) in [5.41, 5.74) is 7.79. The Morgan fingerprint density at radius 3 is 2.42 bits per heavy atom. The Balaban J connectivity index is 2.87. The van der Waals surface area contributed by atoms with Gasteiger partial charge in [-0.05, 0) is 37.4 Å². The normalized spacial score (nSPS) is 11.3. The standard InChI is InChI=1S/C15H26N2O2/c1-11-13(18-4)7-6-12(14(11)19-5)17-10-15(2,3)8-9-16/h6-7,17H,8-10,16H2,1-5H3. The maximum atomic E-state index is 5.63. The van der Waals surface area contributed by atoms with Gasteiger partial charge in [-0.1, -0.05) is 13.8 Å². The van der Waals surface area contributed by atoms with Crippen molar-refractivity contribution < 1.29 is 9.47 Å². The van der Waals surface area contributed by atoms with Crippen LogP contribution in [0.4, 0.5) is 5.69 Å². The number of nitrogens with one attached hydrogen (secondary N) is 1. The van der Waals surface area contributed by atoms with Crippen LogP contribution in [0.15, 0.2) is 12.1 Å².